The lowest BCUT2D eigenvalue weighted by Gasteiger charge is -2.14. The van der Waals surface area contributed by atoms with Crippen molar-refractivity contribution in [3.63, 3.8) is 0 Å². The van der Waals surface area contributed by atoms with Crippen LogP contribution in [-0.2, 0) is 4.79 Å². The molecule has 2 N–H and O–H groups in total. The van der Waals surface area contributed by atoms with E-state index in [0.29, 0.717) is 5.02 Å². The molecule has 0 bridgehead atoms. The number of hydrogen-bond donors (Lipinski definition) is 2. The van der Waals surface area contributed by atoms with Gasteiger partial charge in [-0.2, -0.15) is 0 Å². The fraction of sp³-hybridized carbons (Fsp3) is 0.300. The van der Waals surface area contributed by atoms with Crippen LogP contribution in [0.25, 0.3) is 0 Å². The van der Waals surface area contributed by atoms with Crippen molar-refractivity contribution in [2.45, 2.75) is 13.0 Å². The maximum Gasteiger partial charge on any atom is 0.241 e. The summed E-state index contributed by atoms with van der Waals surface area (Å²) in [5, 5.41) is 5.53. The Balaban J connectivity index is 2.76. The molecule has 0 fully saturated rings. The largest absolute Gasteiger partial charge is 0.372 e. The number of carbonyl (C=O) groups excluding carboxylic acids is 1. The van der Waals surface area contributed by atoms with Gasteiger partial charge in [0.2, 0.25) is 5.91 Å². The fourth-order valence-electron chi connectivity index (χ4n) is 1.12. The standard InChI is InChI=1S/C10H12ClFN2O/c1-6(10(15)13-2)14-9-4-3-7(11)5-8(9)12/h3-6,14H,1-2H3,(H,13,15). The molecule has 1 rings (SSSR count). The maximum atomic E-state index is 13.3. The van der Waals surface area contributed by atoms with Crippen LogP contribution in [0.3, 0.4) is 0 Å². The fourth-order valence-corrected chi connectivity index (χ4v) is 1.28. The van der Waals surface area contributed by atoms with Gasteiger partial charge < -0.3 is 10.6 Å². The first kappa shape index (κ1) is 11.8. The zero-order chi connectivity index (χ0) is 11.4. The molecule has 0 radical (unpaired) electrons. The number of anilines is 1. The molecule has 1 unspecified atom stereocenters. The van der Waals surface area contributed by atoms with Crippen LogP contribution < -0.4 is 10.6 Å². The number of carbonyl (C=O) groups is 1. The Labute approximate surface area is 92.6 Å². The van der Waals surface area contributed by atoms with Gasteiger partial charge >= 0.3 is 0 Å². The third-order valence-corrected chi connectivity index (χ3v) is 2.18. The topological polar surface area (TPSA) is 41.1 Å². The Hall–Kier alpha value is -1.29. The van der Waals surface area contributed by atoms with Crippen molar-refractivity contribution < 1.29 is 9.18 Å². The first-order chi connectivity index (χ1) is 7.04. The van der Waals surface area contributed by atoms with Gasteiger partial charge in [0.25, 0.3) is 0 Å². The average Bonchev–Trinajstić information content (AvgIpc) is 2.20. The monoisotopic (exact) mass is 230 g/mol. The molecule has 1 aromatic rings. The van der Waals surface area contributed by atoms with E-state index in [-0.39, 0.29) is 11.6 Å². The molecule has 1 atom stereocenters. The molecule has 1 aromatic carbocycles. The summed E-state index contributed by atoms with van der Waals surface area (Å²) >= 11 is 5.60. The van der Waals surface area contributed by atoms with Gasteiger partial charge in [-0.25, -0.2) is 4.39 Å². The lowest BCUT2D eigenvalue weighted by Crippen LogP contribution is -2.35. The highest BCUT2D eigenvalue weighted by Gasteiger charge is 2.12. The average molecular weight is 231 g/mol. The van der Waals surface area contributed by atoms with Gasteiger partial charge in [0.15, 0.2) is 0 Å². The first-order valence-corrected chi connectivity index (χ1v) is 4.85. The van der Waals surface area contributed by atoms with E-state index in [1.807, 2.05) is 0 Å². The molecule has 82 valence electrons. The summed E-state index contributed by atoms with van der Waals surface area (Å²) in [6.45, 7) is 1.65. The van der Waals surface area contributed by atoms with Crippen LogP contribution in [0.5, 0.6) is 0 Å². The van der Waals surface area contributed by atoms with Crippen LogP contribution in [0.1, 0.15) is 6.92 Å². The number of nitrogens with one attached hydrogen (secondary N) is 2. The van der Waals surface area contributed by atoms with Crippen LogP contribution in [-0.4, -0.2) is 19.0 Å². The molecule has 0 saturated heterocycles. The van der Waals surface area contributed by atoms with E-state index < -0.39 is 11.9 Å². The van der Waals surface area contributed by atoms with Crippen LogP contribution in [0.4, 0.5) is 10.1 Å². The van der Waals surface area contributed by atoms with Crippen molar-refractivity contribution >= 4 is 23.2 Å². The molecule has 15 heavy (non-hydrogen) atoms. The highest BCUT2D eigenvalue weighted by atomic mass is 35.5. The van der Waals surface area contributed by atoms with Gasteiger partial charge in [-0.3, -0.25) is 4.79 Å². The van der Waals surface area contributed by atoms with Gasteiger partial charge in [-0.05, 0) is 25.1 Å². The summed E-state index contributed by atoms with van der Waals surface area (Å²) in [6, 6.07) is 3.76. The van der Waals surface area contributed by atoms with Crippen molar-refractivity contribution in [3.8, 4) is 0 Å². The number of hydrogen-bond acceptors (Lipinski definition) is 2. The van der Waals surface area contributed by atoms with Crippen molar-refractivity contribution in [2.75, 3.05) is 12.4 Å². The highest BCUT2D eigenvalue weighted by molar-refractivity contribution is 6.30. The molecule has 0 aliphatic rings. The Bertz CT molecular complexity index is 370. The van der Waals surface area contributed by atoms with Crippen LogP contribution in [0, 0.1) is 5.82 Å². The molecule has 0 aliphatic heterocycles. The number of likely N-dealkylation sites (N-methyl/N-ethyl adjacent to an activating group) is 1. The molecule has 0 heterocycles. The lowest BCUT2D eigenvalue weighted by atomic mass is 10.2. The van der Waals surface area contributed by atoms with Gasteiger partial charge in [0, 0.05) is 12.1 Å². The zero-order valence-corrected chi connectivity index (χ0v) is 9.23. The number of amides is 1. The summed E-state index contributed by atoms with van der Waals surface area (Å²) in [5.41, 5.74) is 0.260. The zero-order valence-electron chi connectivity index (χ0n) is 8.47. The SMILES string of the molecule is CNC(=O)C(C)Nc1ccc(Cl)cc1F. The molecule has 0 aromatic heterocycles. The van der Waals surface area contributed by atoms with E-state index in [0.717, 1.165) is 0 Å². The van der Waals surface area contributed by atoms with Gasteiger partial charge in [-0.1, -0.05) is 11.6 Å². The third-order valence-electron chi connectivity index (χ3n) is 1.94. The molecule has 0 aliphatic carbocycles. The Morgan fingerprint density at radius 2 is 2.20 bits per heavy atom. The van der Waals surface area contributed by atoms with Gasteiger partial charge in [0.05, 0.1) is 5.69 Å². The van der Waals surface area contributed by atoms with Crippen LogP contribution >= 0.6 is 11.6 Å². The van der Waals surface area contributed by atoms with E-state index in [1.165, 1.54) is 19.2 Å². The smallest absolute Gasteiger partial charge is 0.241 e. The maximum absolute atomic E-state index is 13.3. The Kier molecular flexibility index (Phi) is 3.91. The summed E-state index contributed by atoms with van der Waals surface area (Å²) < 4.78 is 13.3. The minimum Gasteiger partial charge on any atom is -0.372 e. The molecule has 0 saturated carbocycles. The molecule has 0 spiro atoms. The first-order valence-electron chi connectivity index (χ1n) is 4.47. The molecular weight excluding hydrogens is 219 g/mol. The number of halogens is 2. The van der Waals surface area contributed by atoms with E-state index in [1.54, 1.807) is 13.0 Å². The summed E-state index contributed by atoms with van der Waals surface area (Å²) in [4.78, 5) is 11.2. The van der Waals surface area contributed by atoms with E-state index in [2.05, 4.69) is 10.6 Å². The number of rotatable bonds is 3. The van der Waals surface area contributed by atoms with E-state index in [4.69, 9.17) is 11.6 Å². The summed E-state index contributed by atoms with van der Waals surface area (Å²) in [5.74, 6) is -0.678. The second-order valence-electron chi connectivity index (χ2n) is 3.10. The van der Waals surface area contributed by atoms with Gasteiger partial charge in [0.1, 0.15) is 11.9 Å². The van der Waals surface area contributed by atoms with Crippen molar-refractivity contribution in [1.29, 1.82) is 0 Å². The quantitative estimate of drug-likeness (QED) is 0.834. The molecular formula is C10H12ClFN2O. The molecule has 5 heteroatoms. The van der Waals surface area contributed by atoms with Crippen LogP contribution in [0.2, 0.25) is 5.02 Å². The van der Waals surface area contributed by atoms with Crippen molar-refractivity contribution in [1.82, 2.24) is 5.32 Å². The van der Waals surface area contributed by atoms with Crippen molar-refractivity contribution in [2.24, 2.45) is 0 Å². The summed E-state index contributed by atoms with van der Waals surface area (Å²) in [7, 11) is 1.53. The predicted molar refractivity (Wildman–Crippen MR) is 58.6 cm³/mol. The van der Waals surface area contributed by atoms with Crippen molar-refractivity contribution in [3.05, 3.63) is 29.0 Å². The summed E-state index contributed by atoms with van der Waals surface area (Å²) in [6.07, 6.45) is 0. The third kappa shape index (κ3) is 3.09. The Morgan fingerprint density at radius 3 is 2.73 bits per heavy atom. The normalized spacial score (nSPS) is 12.0. The minimum atomic E-state index is -0.495. The highest BCUT2D eigenvalue weighted by Crippen LogP contribution is 2.19. The minimum absolute atomic E-state index is 0.204. The molecule has 3 nitrogen and oxygen atoms in total. The second-order valence-corrected chi connectivity index (χ2v) is 3.54. The lowest BCUT2D eigenvalue weighted by molar-refractivity contribution is -0.121. The van der Waals surface area contributed by atoms with Gasteiger partial charge in [-0.15, -0.1) is 0 Å². The Morgan fingerprint density at radius 1 is 1.53 bits per heavy atom. The van der Waals surface area contributed by atoms with E-state index in [9.17, 15) is 9.18 Å². The van der Waals surface area contributed by atoms with E-state index >= 15 is 0 Å². The molecule has 1 amide bonds. The second kappa shape index (κ2) is 4.98. The predicted octanol–water partition coefficient (Wildman–Crippen LogP) is 2.03. The van der Waals surface area contributed by atoms with Crippen LogP contribution in [0.15, 0.2) is 18.2 Å². The number of benzene rings is 1.